The molecular weight excluding hydrogens is 336 g/mol. The first-order valence-corrected chi connectivity index (χ1v) is 8.03. The van der Waals surface area contributed by atoms with E-state index in [0.29, 0.717) is 16.8 Å². The Labute approximate surface area is 141 Å². The molecular formula is C15H12N2O4S2. The number of nitrogens with zero attached hydrogens (tertiary/aromatic N) is 1. The van der Waals surface area contributed by atoms with Gasteiger partial charge in [-0.15, -0.1) is 0 Å². The summed E-state index contributed by atoms with van der Waals surface area (Å²) in [6.07, 6.45) is -0.197. The van der Waals surface area contributed by atoms with E-state index in [1.807, 2.05) is 19.1 Å². The number of carbonyl (C=O) groups excluding carboxylic acids is 2. The molecule has 3 rings (SSSR count). The Bertz CT molecular complexity index is 801. The van der Waals surface area contributed by atoms with Crippen LogP contribution in [0.1, 0.15) is 17.5 Å². The van der Waals surface area contributed by atoms with Crippen LogP contribution in [-0.4, -0.2) is 38.7 Å². The van der Waals surface area contributed by atoms with Gasteiger partial charge in [0.25, 0.3) is 11.8 Å². The molecule has 23 heavy (non-hydrogen) atoms. The van der Waals surface area contributed by atoms with E-state index in [0.717, 1.165) is 17.3 Å². The number of carbonyl (C=O) groups is 3. The molecule has 0 spiro atoms. The number of carboxylic acids is 1. The number of rotatable bonds is 3. The summed E-state index contributed by atoms with van der Waals surface area (Å²) >= 11 is 6.19. The number of benzene rings is 1. The molecule has 6 nitrogen and oxygen atoms in total. The van der Waals surface area contributed by atoms with Gasteiger partial charge in [-0.3, -0.25) is 19.3 Å². The van der Waals surface area contributed by atoms with E-state index in [1.54, 1.807) is 6.07 Å². The number of amides is 2. The number of thioether (sulfide) groups is 1. The van der Waals surface area contributed by atoms with Gasteiger partial charge in [-0.1, -0.05) is 35.6 Å². The van der Waals surface area contributed by atoms with E-state index in [4.69, 9.17) is 17.3 Å². The molecule has 2 heterocycles. The number of fused-ring (bicyclic) bond motifs is 1. The van der Waals surface area contributed by atoms with Crippen molar-refractivity contribution in [2.75, 3.05) is 11.9 Å². The number of thiocarbonyl (C=S) groups is 1. The third kappa shape index (κ3) is 2.75. The van der Waals surface area contributed by atoms with Crippen molar-refractivity contribution in [1.82, 2.24) is 4.90 Å². The smallest absolute Gasteiger partial charge is 0.305 e. The van der Waals surface area contributed by atoms with Crippen LogP contribution in [0.4, 0.5) is 5.69 Å². The second kappa shape index (κ2) is 5.78. The first kappa shape index (κ1) is 15.7. The highest BCUT2D eigenvalue weighted by atomic mass is 32.2. The Morgan fingerprint density at radius 3 is 2.83 bits per heavy atom. The molecule has 1 saturated heterocycles. The molecule has 118 valence electrons. The van der Waals surface area contributed by atoms with Gasteiger partial charge in [0.2, 0.25) is 0 Å². The fourth-order valence-electron chi connectivity index (χ4n) is 2.46. The standard InChI is InChI=1S/C15H12N2O4S2/c1-7-2-3-9-8(6-7)11(13(20)16-9)12-14(21)17(15(22)23-12)5-4-10(18)19/h2-3,6H,4-5H2,1H3,(H,16,20)(H,18,19)/b12-11-. The van der Waals surface area contributed by atoms with Crippen molar-refractivity contribution >= 4 is 57.3 Å². The zero-order valence-corrected chi connectivity index (χ0v) is 13.7. The molecule has 0 saturated carbocycles. The van der Waals surface area contributed by atoms with E-state index in [-0.39, 0.29) is 28.1 Å². The molecule has 2 aliphatic heterocycles. The highest BCUT2D eigenvalue weighted by Gasteiger charge is 2.39. The van der Waals surface area contributed by atoms with Crippen molar-refractivity contribution in [3.05, 3.63) is 34.2 Å². The molecule has 2 N–H and O–H groups in total. The maximum Gasteiger partial charge on any atom is 0.305 e. The van der Waals surface area contributed by atoms with Crippen LogP contribution >= 0.6 is 24.0 Å². The summed E-state index contributed by atoms with van der Waals surface area (Å²) in [6.45, 7) is 1.90. The van der Waals surface area contributed by atoms with Crippen LogP contribution in [0, 0.1) is 6.92 Å². The predicted molar refractivity (Wildman–Crippen MR) is 90.9 cm³/mol. The highest BCUT2D eigenvalue weighted by Crippen LogP contribution is 2.42. The van der Waals surface area contributed by atoms with Gasteiger partial charge in [0.1, 0.15) is 4.32 Å². The molecule has 2 aliphatic rings. The van der Waals surface area contributed by atoms with Gasteiger partial charge in [0.15, 0.2) is 0 Å². The van der Waals surface area contributed by atoms with Gasteiger partial charge < -0.3 is 10.4 Å². The van der Waals surface area contributed by atoms with Crippen molar-refractivity contribution in [3.8, 4) is 0 Å². The third-order valence-corrected chi connectivity index (χ3v) is 4.99. The molecule has 0 radical (unpaired) electrons. The molecule has 1 fully saturated rings. The van der Waals surface area contributed by atoms with E-state index in [9.17, 15) is 14.4 Å². The Hall–Kier alpha value is -2.19. The van der Waals surface area contributed by atoms with Gasteiger partial charge in [0.05, 0.1) is 16.9 Å². The van der Waals surface area contributed by atoms with E-state index in [2.05, 4.69) is 5.32 Å². The predicted octanol–water partition coefficient (Wildman–Crippen LogP) is 1.99. The molecule has 1 aromatic carbocycles. The van der Waals surface area contributed by atoms with Crippen molar-refractivity contribution < 1.29 is 19.5 Å². The molecule has 2 amide bonds. The summed E-state index contributed by atoms with van der Waals surface area (Å²) in [6, 6.07) is 5.51. The van der Waals surface area contributed by atoms with Crippen LogP contribution in [-0.2, 0) is 14.4 Å². The number of carboxylic acid groups (broad SMARTS) is 1. The Morgan fingerprint density at radius 1 is 1.39 bits per heavy atom. The average Bonchev–Trinajstić information content (AvgIpc) is 2.93. The van der Waals surface area contributed by atoms with Gasteiger partial charge in [-0.2, -0.15) is 0 Å². The quantitative estimate of drug-likeness (QED) is 0.642. The number of anilines is 1. The second-order valence-corrected chi connectivity index (χ2v) is 6.82. The minimum atomic E-state index is -1.01. The van der Waals surface area contributed by atoms with Crippen LogP contribution in [0.3, 0.4) is 0 Å². The first-order chi connectivity index (χ1) is 10.9. The van der Waals surface area contributed by atoms with Crippen molar-refractivity contribution in [3.63, 3.8) is 0 Å². The summed E-state index contributed by atoms with van der Waals surface area (Å²) in [5.41, 5.74) is 2.61. The Kier molecular flexibility index (Phi) is 3.95. The van der Waals surface area contributed by atoms with E-state index in [1.165, 1.54) is 4.90 Å². The van der Waals surface area contributed by atoms with E-state index < -0.39 is 11.9 Å². The molecule has 1 aromatic rings. The molecule has 0 aliphatic carbocycles. The lowest BCUT2D eigenvalue weighted by atomic mass is 10.0. The number of hydrogen-bond acceptors (Lipinski definition) is 5. The van der Waals surface area contributed by atoms with Gasteiger partial charge in [0, 0.05) is 17.8 Å². The van der Waals surface area contributed by atoms with Crippen molar-refractivity contribution in [1.29, 1.82) is 0 Å². The molecule has 8 heteroatoms. The molecule has 0 atom stereocenters. The Morgan fingerprint density at radius 2 is 2.13 bits per heavy atom. The lowest BCUT2D eigenvalue weighted by Crippen LogP contribution is -2.30. The summed E-state index contributed by atoms with van der Waals surface area (Å²) < 4.78 is 0.271. The zero-order valence-electron chi connectivity index (χ0n) is 12.1. The number of nitrogens with one attached hydrogen (secondary N) is 1. The van der Waals surface area contributed by atoms with Gasteiger partial charge in [-0.05, 0) is 19.1 Å². The van der Waals surface area contributed by atoms with Gasteiger partial charge in [-0.25, -0.2) is 0 Å². The minimum Gasteiger partial charge on any atom is -0.481 e. The number of hydrogen-bond donors (Lipinski definition) is 2. The van der Waals surface area contributed by atoms with Crippen molar-refractivity contribution in [2.45, 2.75) is 13.3 Å². The van der Waals surface area contributed by atoms with Crippen LogP contribution in [0.2, 0.25) is 0 Å². The van der Waals surface area contributed by atoms with Crippen molar-refractivity contribution in [2.24, 2.45) is 0 Å². The SMILES string of the molecule is Cc1ccc2c(c1)/C(=C1/SC(=S)N(CCC(=O)O)C1=O)C(=O)N2. The first-order valence-electron chi connectivity index (χ1n) is 6.80. The van der Waals surface area contributed by atoms with Crippen LogP contribution < -0.4 is 5.32 Å². The lowest BCUT2D eigenvalue weighted by molar-refractivity contribution is -0.137. The van der Waals surface area contributed by atoms with Crippen LogP contribution in [0.25, 0.3) is 5.57 Å². The van der Waals surface area contributed by atoms with Gasteiger partial charge >= 0.3 is 5.97 Å². The minimum absolute atomic E-state index is 0.000919. The highest BCUT2D eigenvalue weighted by molar-refractivity contribution is 8.26. The summed E-state index contributed by atoms with van der Waals surface area (Å²) in [5.74, 6) is -1.77. The molecule has 0 aromatic heterocycles. The zero-order chi connectivity index (χ0) is 16.7. The largest absolute Gasteiger partial charge is 0.481 e. The molecule has 0 unspecified atom stereocenters. The Balaban J connectivity index is 2.01. The summed E-state index contributed by atoms with van der Waals surface area (Å²) in [5, 5.41) is 11.5. The fraction of sp³-hybridized carbons (Fsp3) is 0.200. The van der Waals surface area contributed by atoms with Crippen LogP contribution in [0.5, 0.6) is 0 Å². The second-order valence-electron chi connectivity index (χ2n) is 5.18. The van der Waals surface area contributed by atoms with Crippen LogP contribution in [0.15, 0.2) is 23.1 Å². The number of aliphatic carboxylic acids is 1. The topological polar surface area (TPSA) is 86.7 Å². The summed E-state index contributed by atoms with van der Waals surface area (Å²) in [4.78, 5) is 37.0. The third-order valence-electron chi connectivity index (χ3n) is 3.55. The molecule has 0 bridgehead atoms. The average molecular weight is 348 g/mol. The maximum absolute atomic E-state index is 12.5. The monoisotopic (exact) mass is 348 g/mol. The maximum atomic E-state index is 12.5. The number of aryl methyl sites for hydroxylation is 1. The summed E-state index contributed by atoms with van der Waals surface area (Å²) in [7, 11) is 0. The normalized spacial score (nSPS) is 20.0. The lowest BCUT2D eigenvalue weighted by Gasteiger charge is -2.12. The van der Waals surface area contributed by atoms with E-state index >= 15 is 0 Å². The fourth-order valence-corrected chi connectivity index (χ4v) is 3.84.